The summed E-state index contributed by atoms with van der Waals surface area (Å²) in [6.45, 7) is 11.0. The molecule has 0 saturated carbocycles. The number of allylic oxidation sites excluding steroid dienone is 3. The smallest absolute Gasteiger partial charge is 0.324 e. The molecule has 0 atom stereocenters. The Bertz CT molecular complexity index is 346. The lowest BCUT2D eigenvalue weighted by atomic mass is 10.2. The minimum Gasteiger partial charge on any atom is -0.326 e. The van der Waals surface area contributed by atoms with Crippen molar-refractivity contribution in [3.63, 3.8) is 0 Å². The van der Waals surface area contributed by atoms with Gasteiger partial charge in [-0.15, -0.1) is 0 Å². The fourth-order valence-electron chi connectivity index (χ4n) is 1.43. The monoisotopic (exact) mass is 270 g/mol. The van der Waals surface area contributed by atoms with E-state index in [1.807, 2.05) is 13.0 Å². The van der Waals surface area contributed by atoms with Gasteiger partial charge in [-0.3, -0.25) is 4.90 Å². The molecule has 0 aromatic carbocycles. The van der Waals surface area contributed by atoms with E-state index in [-0.39, 0.29) is 6.03 Å². The molecule has 82 valence electrons. The SMILES string of the molecule is C=C(Br)/C=C(/C)C(=C)N1CCN(C)C1=O. The van der Waals surface area contributed by atoms with Crippen LogP contribution in [0.5, 0.6) is 0 Å². The lowest BCUT2D eigenvalue weighted by Crippen LogP contribution is -2.28. The summed E-state index contributed by atoms with van der Waals surface area (Å²) >= 11 is 3.25. The van der Waals surface area contributed by atoms with E-state index in [4.69, 9.17) is 0 Å². The maximum absolute atomic E-state index is 11.7. The van der Waals surface area contributed by atoms with Gasteiger partial charge < -0.3 is 4.90 Å². The highest BCUT2D eigenvalue weighted by atomic mass is 79.9. The van der Waals surface area contributed by atoms with E-state index in [0.717, 1.165) is 22.3 Å². The average Bonchev–Trinajstić information content (AvgIpc) is 2.45. The van der Waals surface area contributed by atoms with E-state index in [0.29, 0.717) is 6.54 Å². The zero-order valence-corrected chi connectivity index (χ0v) is 10.7. The molecule has 3 nitrogen and oxygen atoms in total. The Hall–Kier alpha value is -1.03. The van der Waals surface area contributed by atoms with E-state index < -0.39 is 0 Å². The molecule has 4 heteroatoms. The van der Waals surface area contributed by atoms with Crippen molar-refractivity contribution in [2.24, 2.45) is 0 Å². The second-order valence-electron chi connectivity index (χ2n) is 3.58. The van der Waals surface area contributed by atoms with Crippen LogP contribution in [-0.4, -0.2) is 36.0 Å². The van der Waals surface area contributed by atoms with E-state index in [9.17, 15) is 4.79 Å². The minimum atomic E-state index is 0.00735. The quantitative estimate of drug-likeness (QED) is 0.724. The lowest BCUT2D eigenvalue weighted by Gasteiger charge is -2.19. The largest absolute Gasteiger partial charge is 0.326 e. The summed E-state index contributed by atoms with van der Waals surface area (Å²) < 4.78 is 0.779. The Morgan fingerprint density at radius 2 is 2.07 bits per heavy atom. The Morgan fingerprint density at radius 3 is 2.47 bits per heavy atom. The molecule has 1 heterocycles. The number of carbonyl (C=O) groups is 1. The van der Waals surface area contributed by atoms with Crippen LogP contribution in [0.15, 0.2) is 35.0 Å². The van der Waals surface area contributed by atoms with Gasteiger partial charge in [0, 0.05) is 30.3 Å². The molecule has 0 unspecified atom stereocenters. The maximum Gasteiger partial charge on any atom is 0.324 e. The Balaban J connectivity index is 2.78. The summed E-state index contributed by atoms with van der Waals surface area (Å²) in [5.74, 6) is 0. The predicted molar refractivity (Wildman–Crippen MR) is 65.7 cm³/mol. The molecule has 1 aliphatic heterocycles. The van der Waals surface area contributed by atoms with Crippen molar-refractivity contribution in [2.75, 3.05) is 20.1 Å². The highest BCUT2D eigenvalue weighted by Crippen LogP contribution is 2.20. The first-order valence-corrected chi connectivity index (χ1v) is 5.47. The second kappa shape index (κ2) is 4.66. The normalized spacial score (nSPS) is 17.3. The van der Waals surface area contributed by atoms with Gasteiger partial charge in [0.15, 0.2) is 0 Å². The van der Waals surface area contributed by atoms with Crippen molar-refractivity contribution in [2.45, 2.75) is 6.92 Å². The number of hydrogen-bond donors (Lipinski definition) is 0. The van der Waals surface area contributed by atoms with E-state index in [1.54, 1.807) is 16.8 Å². The summed E-state index contributed by atoms with van der Waals surface area (Å²) in [6, 6.07) is 0.00735. The lowest BCUT2D eigenvalue weighted by molar-refractivity contribution is 0.207. The molecular formula is C11H15BrN2O. The third-order valence-electron chi connectivity index (χ3n) is 2.37. The minimum absolute atomic E-state index is 0.00735. The van der Waals surface area contributed by atoms with E-state index in [2.05, 4.69) is 29.1 Å². The number of rotatable bonds is 3. The molecule has 1 saturated heterocycles. The number of urea groups is 1. The molecule has 0 N–H and O–H groups in total. The van der Waals surface area contributed by atoms with Gasteiger partial charge in [-0.05, 0) is 18.6 Å². The van der Waals surface area contributed by atoms with Gasteiger partial charge in [0.05, 0.1) is 0 Å². The topological polar surface area (TPSA) is 23.6 Å². The fraction of sp³-hybridized carbons (Fsp3) is 0.364. The first-order chi connectivity index (χ1) is 6.93. The standard InChI is InChI=1S/C11H15BrN2O/c1-8(7-9(2)12)10(3)14-6-5-13(4)11(14)15/h7H,2-3,5-6H2,1,4H3/b8-7-. The third kappa shape index (κ3) is 2.72. The first-order valence-electron chi connectivity index (χ1n) is 4.68. The van der Waals surface area contributed by atoms with Gasteiger partial charge >= 0.3 is 6.03 Å². The fourth-order valence-corrected chi connectivity index (χ4v) is 1.77. The van der Waals surface area contributed by atoms with Crippen molar-refractivity contribution < 1.29 is 4.79 Å². The van der Waals surface area contributed by atoms with Crippen LogP contribution in [0.1, 0.15) is 6.92 Å². The summed E-state index contributed by atoms with van der Waals surface area (Å²) in [5.41, 5.74) is 1.69. The molecular weight excluding hydrogens is 256 g/mol. The molecule has 0 radical (unpaired) electrons. The van der Waals surface area contributed by atoms with E-state index >= 15 is 0 Å². The van der Waals surface area contributed by atoms with Crippen molar-refractivity contribution in [3.8, 4) is 0 Å². The average molecular weight is 271 g/mol. The number of nitrogens with zero attached hydrogens (tertiary/aromatic N) is 2. The number of carbonyl (C=O) groups excluding carboxylic acids is 1. The van der Waals surface area contributed by atoms with E-state index in [1.165, 1.54) is 0 Å². The summed E-state index contributed by atoms with van der Waals surface area (Å²) in [4.78, 5) is 15.0. The molecule has 1 rings (SSSR count). The Labute approximate surface area is 98.9 Å². The molecule has 0 aromatic rings. The van der Waals surface area contributed by atoms with Crippen molar-refractivity contribution in [1.82, 2.24) is 9.80 Å². The highest BCUT2D eigenvalue weighted by Gasteiger charge is 2.27. The van der Waals surface area contributed by atoms with Gasteiger partial charge in [-0.25, -0.2) is 4.79 Å². The van der Waals surface area contributed by atoms with Crippen LogP contribution in [0.4, 0.5) is 4.79 Å². The molecule has 0 spiro atoms. The van der Waals surface area contributed by atoms with Gasteiger partial charge in [0.1, 0.15) is 0 Å². The van der Waals surface area contributed by atoms with Crippen molar-refractivity contribution in [1.29, 1.82) is 0 Å². The molecule has 0 bridgehead atoms. The summed E-state index contributed by atoms with van der Waals surface area (Å²) in [6.07, 6.45) is 1.86. The van der Waals surface area contributed by atoms with Crippen molar-refractivity contribution >= 4 is 22.0 Å². The van der Waals surface area contributed by atoms with Gasteiger partial charge in [-0.2, -0.15) is 0 Å². The van der Waals surface area contributed by atoms with Crippen LogP contribution in [0, 0.1) is 0 Å². The number of hydrogen-bond acceptors (Lipinski definition) is 1. The third-order valence-corrected chi connectivity index (χ3v) is 2.60. The number of likely N-dealkylation sites (N-methyl/N-ethyl adjacent to an activating group) is 1. The predicted octanol–water partition coefficient (Wildman–Crippen LogP) is 2.72. The van der Waals surface area contributed by atoms with Gasteiger partial charge in [-0.1, -0.05) is 29.1 Å². The molecule has 0 aliphatic carbocycles. The first kappa shape index (κ1) is 12.0. The van der Waals surface area contributed by atoms with Crippen molar-refractivity contribution in [3.05, 3.63) is 35.0 Å². The number of halogens is 1. The van der Waals surface area contributed by atoms with Crippen LogP contribution in [-0.2, 0) is 0 Å². The van der Waals surface area contributed by atoms with Crippen LogP contribution in [0.25, 0.3) is 0 Å². The molecule has 1 aliphatic rings. The van der Waals surface area contributed by atoms with Gasteiger partial charge in [0.2, 0.25) is 0 Å². The molecule has 0 aromatic heterocycles. The zero-order valence-electron chi connectivity index (χ0n) is 9.09. The molecule has 2 amide bonds. The molecule has 1 fully saturated rings. The Kier molecular flexibility index (Phi) is 3.74. The Morgan fingerprint density at radius 1 is 1.47 bits per heavy atom. The summed E-state index contributed by atoms with van der Waals surface area (Å²) in [7, 11) is 1.79. The molecule has 15 heavy (non-hydrogen) atoms. The van der Waals surface area contributed by atoms with Crippen LogP contribution in [0.3, 0.4) is 0 Å². The second-order valence-corrected chi connectivity index (χ2v) is 4.60. The van der Waals surface area contributed by atoms with Gasteiger partial charge in [0.25, 0.3) is 0 Å². The number of amides is 2. The summed E-state index contributed by atoms with van der Waals surface area (Å²) in [5, 5.41) is 0. The van der Waals surface area contributed by atoms with Crippen LogP contribution in [0.2, 0.25) is 0 Å². The van der Waals surface area contributed by atoms with Crippen LogP contribution >= 0.6 is 15.9 Å². The highest BCUT2D eigenvalue weighted by molar-refractivity contribution is 9.11. The zero-order chi connectivity index (χ0) is 11.6. The van der Waals surface area contributed by atoms with Crippen LogP contribution < -0.4 is 0 Å². The maximum atomic E-state index is 11.7.